The van der Waals surface area contributed by atoms with Gasteiger partial charge in [-0.05, 0) is 43.9 Å². The minimum Gasteiger partial charge on any atom is -0.361 e. The first-order chi connectivity index (χ1) is 8.70. The van der Waals surface area contributed by atoms with Crippen molar-refractivity contribution in [3.8, 4) is 11.8 Å². The second-order valence-electron chi connectivity index (χ2n) is 4.24. The lowest BCUT2D eigenvalue weighted by molar-refractivity contribution is -0.115. The van der Waals surface area contributed by atoms with Crippen molar-refractivity contribution in [3.05, 3.63) is 35.5 Å². The normalized spacial score (nSPS) is 9.89. The largest absolute Gasteiger partial charge is 0.361 e. The molecule has 0 bridgehead atoms. The molecule has 0 fully saturated rings. The molecule has 92 valence electrons. The number of aromatic amines is 1. The van der Waals surface area contributed by atoms with E-state index in [2.05, 4.69) is 47.3 Å². The van der Waals surface area contributed by atoms with Crippen molar-refractivity contribution in [2.75, 3.05) is 6.54 Å². The Morgan fingerprint density at radius 1 is 1.44 bits per heavy atom. The van der Waals surface area contributed by atoms with Crippen LogP contribution in [-0.2, 0) is 11.2 Å². The number of H-pyrrole nitrogens is 1. The maximum Gasteiger partial charge on any atom is 0.295 e. The summed E-state index contributed by atoms with van der Waals surface area (Å²) in [6.07, 6.45) is 2.81. The smallest absolute Gasteiger partial charge is 0.295 e. The van der Waals surface area contributed by atoms with Crippen molar-refractivity contribution in [1.82, 2.24) is 10.3 Å². The standard InChI is InChI=1S/C15H16N2O/c1-3-4-15(18)16-8-7-12-10-17-14-6-5-11(2)9-13(12)14/h5-6,9-10,17H,7-8H2,1-2H3,(H,16,18). The van der Waals surface area contributed by atoms with Crippen LogP contribution < -0.4 is 5.32 Å². The molecular formula is C15H16N2O. The summed E-state index contributed by atoms with van der Waals surface area (Å²) in [6, 6.07) is 6.32. The Balaban J connectivity index is 2.05. The monoisotopic (exact) mass is 240 g/mol. The van der Waals surface area contributed by atoms with E-state index in [1.807, 2.05) is 6.20 Å². The van der Waals surface area contributed by atoms with Gasteiger partial charge in [0.15, 0.2) is 0 Å². The molecule has 1 amide bonds. The number of carbonyl (C=O) groups excluding carboxylic acids is 1. The summed E-state index contributed by atoms with van der Waals surface area (Å²) >= 11 is 0. The third kappa shape index (κ3) is 2.72. The van der Waals surface area contributed by atoms with Crippen LogP contribution in [-0.4, -0.2) is 17.4 Å². The highest BCUT2D eigenvalue weighted by Gasteiger charge is 2.04. The summed E-state index contributed by atoms with van der Waals surface area (Å²) in [5.41, 5.74) is 3.60. The van der Waals surface area contributed by atoms with Gasteiger partial charge in [0, 0.05) is 23.6 Å². The molecule has 1 heterocycles. The van der Waals surface area contributed by atoms with Crippen LogP contribution in [0.5, 0.6) is 0 Å². The molecule has 1 aromatic heterocycles. The summed E-state index contributed by atoms with van der Waals surface area (Å²) < 4.78 is 0. The second-order valence-corrected chi connectivity index (χ2v) is 4.24. The lowest BCUT2D eigenvalue weighted by atomic mass is 10.1. The number of hydrogen-bond donors (Lipinski definition) is 2. The fraction of sp³-hybridized carbons (Fsp3) is 0.267. The van der Waals surface area contributed by atoms with Crippen LogP contribution in [0.4, 0.5) is 0 Å². The number of rotatable bonds is 3. The highest BCUT2D eigenvalue weighted by molar-refractivity contribution is 5.93. The SMILES string of the molecule is CC#CC(=O)NCCc1c[nH]c2ccc(C)cc12. The molecule has 0 atom stereocenters. The lowest BCUT2D eigenvalue weighted by Crippen LogP contribution is -2.23. The van der Waals surface area contributed by atoms with Gasteiger partial charge in [-0.2, -0.15) is 0 Å². The zero-order valence-electron chi connectivity index (χ0n) is 10.6. The Kier molecular flexibility index (Phi) is 3.69. The Morgan fingerprint density at radius 2 is 2.28 bits per heavy atom. The van der Waals surface area contributed by atoms with Crippen LogP contribution in [0.2, 0.25) is 0 Å². The van der Waals surface area contributed by atoms with Crippen LogP contribution in [0.1, 0.15) is 18.1 Å². The average Bonchev–Trinajstić information content (AvgIpc) is 2.72. The molecule has 3 heteroatoms. The van der Waals surface area contributed by atoms with Crippen LogP contribution >= 0.6 is 0 Å². The van der Waals surface area contributed by atoms with Gasteiger partial charge in [-0.25, -0.2) is 0 Å². The minimum absolute atomic E-state index is 0.214. The maximum atomic E-state index is 11.2. The van der Waals surface area contributed by atoms with E-state index in [4.69, 9.17) is 0 Å². The van der Waals surface area contributed by atoms with E-state index < -0.39 is 0 Å². The van der Waals surface area contributed by atoms with Crippen LogP contribution in [0.3, 0.4) is 0 Å². The van der Waals surface area contributed by atoms with Crippen molar-refractivity contribution in [2.45, 2.75) is 20.3 Å². The molecule has 0 aliphatic heterocycles. The molecule has 0 spiro atoms. The summed E-state index contributed by atoms with van der Waals surface area (Å²) in [5.74, 6) is 4.83. The van der Waals surface area contributed by atoms with Crippen molar-refractivity contribution in [3.63, 3.8) is 0 Å². The van der Waals surface area contributed by atoms with E-state index in [-0.39, 0.29) is 5.91 Å². The average molecular weight is 240 g/mol. The number of aromatic nitrogens is 1. The van der Waals surface area contributed by atoms with E-state index in [1.165, 1.54) is 16.5 Å². The van der Waals surface area contributed by atoms with Crippen LogP contribution in [0.15, 0.2) is 24.4 Å². The molecule has 0 aliphatic carbocycles. The van der Waals surface area contributed by atoms with E-state index in [0.29, 0.717) is 6.54 Å². The van der Waals surface area contributed by atoms with Gasteiger partial charge in [0.1, 0.15) is 0 Å². The van der Waals surface area contributed by atoms with Gasteiger partial charge in [-0.3, -0.25) is 4.79 Å². The molecule has 0 unspecified atom stereocenters. The van der Waals surface area contributed by atoms with E-state index in [0.717, 1.165) is 11.9 Å². The number of nitrogens with one attached hydrogen (secondary N) is 2. The summed E-state index contributed by atoms with van der Waals surface area (Å²) in [4.78, 5) is 14.4. The quantitative estimate of drug-likeness (QED) is 0.793. The first-order valence-corrected chi connectivity index (χ1v) is 5.98. The third-order valence-corrected chi connectivity index (χ3v) is 2.84. The first-order valence-electron chi connectivity index (χ1n) is 5.98. The highest BCUT2D eigenvalue weighted by Crippen LogP contribution is 2.19. The van der Waals surface area contributed by atoms with Gasteiger partial charge in [0.25, 0.3) is 5.91 Å². The Hall–Kier alpha value is -2.21. The minimum atomic E-state index is -0.214. The molecular weight excluding hydrogens is 224 g/mol. The third-order valence-electron chi connectivity index (χ3n) is 2.84. The van der Waals surface area contributed by atoms with Gasteiger partial charge in [-0.1, -0.05) is 17.6 Å². The molecule has 3 nitrogen and oxygen atoms in total. The topological polar surface area (TPSA) is 44.9 Å². The molecule has 2 N–H and O–H groups in total. The second kappa shape index (κ2) is 5.42. The molecule has 2 aromatic rings. The highest BCUT2D eigenvalue weighted by atomic mass is 16.1. The Bertz CT molecular complexity index is 629. The van der Waals surface area contributed by atoms with E-state index in [9.17, 15) is 4.79 Å². The van der Waals surface area contributed by atoms with Gasteiger partial charge >= 0.3 is 0 Å². The van der Waals surface area contributed by atoms with Gasteiger partial charge < -0.3 is 10.3 Å². The number of carbonyl (C=O) groups is 1. The fourth-order valence-electron chi connectivity index (χ4n) is 1.97. The van der Waals surface area contributed by atoms with Crippen LogP contribution in [0, 0.1) is 18.8 Å². The lowest BCUT2D eigenvalue weighted by Gasteiger charge is -2.01. The van der Waals surface area contributed by atoms with Gasteiger partial charge in [0.05, 0.1) is 0 Å². The molecule has 0 saturated carbocycles. The molecule has 18 heavy (non-hydrogen) atoms. The van der Waals surface area contributed by atoms with Crippen LogP contribution in [0.25, 0.3) is 10.9 Å². The van der Waals surface area contributed by atoms with Crippen molar-refractivity contribution in [1.29, 1.82) is 0 Å². The number of amides is 1. The molecule has 0 aliphatic rings. The molecule has 1 aromatic carbocycles. The molecule has 2 rings (SSSR count). The van der Waals surface area contributed by atoms with E-state index in [1.54, 1.807) is 6.92 Å². The Morgan fingerprint density at radius 3 is 3.06 bits per heavy atom. The Labute approximate surface area is 107 Å². The summed E-state index contributed by atoms with van der Waals surface area (Å²) in [7, 11) is 0. The number of fused-ring (bicyclic) bond motifs is 1. The van der Waals surface area contributed by atoms with Crippen molar-refractivity contribution >= 4 is 16.8 Å². The van der Waals surface area contributed by atoms with Gasteiger partial charge in [0.2, 0.25) is 0 Å². The number of benzene rings is 1. The number of aryl methyl sites for hydroxylation is 1. The van der Waals surface area contributed by atoms with E-state index >= 15 is 0 Å². The molecule has 0 saturated heterocycles. The van der Waals surface area contributed by atoms with Crippen molar-refractivity contribution in [2.24, 2.45) is 0 Å². The zero-order valence-corrected chi connectivity index (χ0v) is 10.6. The van der Waals surface area contributed by atoms with Crippen molar-refractivity contribution < 1.29 is 4.79 Å². The maximum absolute atomic E-state index is 11.2. The number of hydrogen-bond acceptors (Lipinski definition) is 1. The summed E-state index contributed by atoms with van der Waals surface area (Å²) in [6.45, 7) is 4.34. The molecule has 0 radical (unpaired) electrons. The van der Waals surface area contributed by atoms with Gasteiger partial charge in [-0.15, -0.1) is 0 Å². The first kappa shape index (κ1) is 12.3. The fourth-order valence-corrected chi connectivity index (χ4v) is 1.97. The predicted octanol–water partition coefficient (Wildman–Crippen LogP) is 2.16. The predicted molar refractivity (Wildman–Crippen MR) is 73.2 cm³/mol. The zero-order chi connectivity index (χ0) is 13.0. The summed E-state index contributed by atoms with van der Waals surface area (Å²) in [5, 5.41) is 4.00.